The van der Waals surface area contributed by atoms with Gasteiger partial charge in [0.15, 0.2) is 0 Å². The molecule has 0 radical (unpaired) electrons. The molecule has 1 fully saturated rings. The average Bonchev–Trinajstić information content (AvgIpc) is 3.11. The van der Waals surface area contributed by atoms with E-state index in [2.05, 4.69) is 31.0 Å². The van der Waals surface area contributed by atoms with Gasteiger partial charge >= 0.3 is 6.03 Å². The smallest absolute Gasteiger partial charge is 0.321 e. The molecule has 8 nitrogen and oxygen atoms in total. The number of rotatable bonds is 5. The molecule has 0 bridgehead atoms. The lowest BCUT2D eigenvalue weighted by Crippen LogP contribution is -2.50. The van der Waals surface area contributed by atoms with Gasteiger partial charge in [-0.2, -0.15) is 0 Å². The fourth-order valence-electron chi connectivity index (χ4n) is 3.86. The summed E-state index contributed by atoms with van der Waals surface area (Å²) >= 11 is 1.73. The van der Waals surface area contributed by atoms with Gasteiger partial charge in [0.2, 0.25) is 0 Å². The predicted molar refractivity (Wildman–Crippen MR) is 129 cm³/mol. The maximum Gasteiger partial charge on any atom is 0.321 e. The molecule has 32 heavy (non-hydrogen) atoms. The maximum atomic E-state index is 12.9. The first-order chi connectivity index (χ1) is 15.4. The molecule has 3 heterocycles. The zero-order valence-corrected chi connectivity index (χ0v) is 20.0. The number of anilines is 2. The van der Waals surface area contributed by atoms with E-state index in [9.17, 15) is 4.79 Å². The number of aromatic nitrogens is 2. The highest BCUT2D eigenvalue weighted by atomic mass is 32.1. The van der Waals surface area contributed by atoms with E-state index in [0.717, 1.165) is 41.4 Å². The number of ether oxygens (including phenoxy) is 2. The summed E-state index contributed by atoms with van der Waals surface area (Å²) in [6, 6.07) is 5.20. The first kappa shape index (κ1) is 22.1. The van der Waals surface area contributed by atoms with E-state index in [4.69, 9.17) is 19.4 Å². The lowest BCUT2D eigenvalue weighted by Gasteiger charge is -2.35. The number of methoxy groups -OCH3 is 2. The Labute approximate surface area is 192 Å². The number of thiophene rings is 1. The van der Waals surface area contributed by atoms with Crippen molar-refractivity contribution in [3.8, 4) is 11.5 Å². The third kappa shape index (κ3) is 4.29. The van der Waals surface area contributed by atoms with Crippen molar-refractivity contribution in [2.45, 2.75) is 27.2 Å². The molecule has 4 rings (SSSR count). The summed E-state index contributed by atoms with van der Waals surface area (Å²) in [5, 5.41) is 4.11. The SMILES string of the molecule is CCc1nc(N2CCN(C(=O)Nc3cc(OC)cc(OC)c3)CC2)c2c(C)c(C)sc2n1. The maximum absolute atomic E-state index is 12.9. The van der Waals surface area contributed by atoms with Crippen molar-refractivity contribution < 1.29 is 14.3 Å². The fraction of sp³-hybridized carbons (Fsp3) is 0.435. The Morgan fingerprint density at radius 2 is 1.72 bits per heavy atom. The Bertz CT molecular complexity index is 1120. The van der Waals surface area contributed by atoms with Crippen LogP contribution in [-0.2, 0) is 6.42 Å². The molecule has 1 N–H and O–H groups in total. The van der Waals surface area contributed by atoms with Crippen LogP contribution in [0.3, 0.4) is 0 Å². The molecular weight excluding hydrogens is 426 g/mol. The number of hydrogen-bond acceptors (Lipinski definition) is 7. The molecule has 2 aromatic heterocycles. The highest BCUT2D eigenvalue weighted by molar-refractivity contribution is 7.18. The molecule has 0 saturated carbocycles. The van der Waals surface area contributed by atoms with Crippen molar-refractivity contribution in [2.24, 2.45) is 0 Å². The van der Waals surface area contributed by atoms with E-state index in [1.165, 1.54) is 10.4 Å². The number of aryl methyl sites for hydroxylation is 3. The zero-order valence-electron chi connectivity index (χ0n) is 19.2. The molecule has 0 aliphatic carbocycles. The van der Waals surface area contributed by atoms with Gasteiger partial charge in [0.1, 0.15) is 28.0 Å². The molecule has 9 heteroatoms. The highest BCUT2D eigenvalue weighted by Gasteiger charge is 2.25. The number of nitrogens with one attached hydrogen (secondary N) is 1. The van der Waals surface area contributed by atoms with Crippen LogP contribution >= 0.6 is 11.3 Å². The van der Waals surface area contributed by atoms with Crippen LogP contribution in [0.2, 0.25) is 0 Å². The molecule has 0 atom stereocenters. The second kappa shape index (κ2) is 9.20. The number of piperazine rings is 1. The topological polar surface area (TPSA) is 79.8 Å². The van der Waals surface area contributed by atoms with Crippen molar-refractivity contribution in [1.82, 2.24) is 14.9 Å². The van der Waals surface area contributed by atoms with Crippen molar-refractivity contribution >= 4 is 39.1 Å². The van der Waals surface area contributed by atoms with Crippen LogP contribution in [0, 0.1) is 13.8 Å². The van der Waals surface area contributed by atoms with Gasteiger partial charge < -0.3 is 24.6 Å². The van der Waals surface area contributed by atoms with Crippen LogP contribution in [0.25, 0.3) is 10.2 Å². The number of nitrogens with zero attached hydrogens (tertiary/aromatic N) is 4. The van der Waals surface area contributed by atoms with Crippen LogP contribution in [-0.4, -0.2) is 61.3 Å². The first-order valence-electron chi connectivity index (χ1n) is 10.7. The van der Waals surface area contributed by atoms with Gasteiger partial charge in [-0.1, -0.05) is 6.92 Å². The molecular formula is C23H29N5O3S. The number of carbonyl (C=O) groups is 1. The van der Waals surface area contributed by atoms with Gasteiger partial charge in [-0.15, -0.1) is 11.3 Å². The summed E-state index contributed by atoms with van der Waals surface area (Å²) in [4.78, 5) is 28.9. The van der Waals surface area contributed by atoms with Crippen molar-refractivity contribution in [3.63, 3.8) is 0 Å². The zero-order chi connectivity index (χ0) is 22.8. The van der Waals surface area contributed by atoms with Crippen LogP contribution < -0.4 is 19.7 Å². The number of carbonyl (C=O) groups excluding carboxylic acids is 1. The lowest BCUT2D eigenvalue weighted by atomic mass is 10.2. The average molecular weight is 456 g/mol. The van der Waals surface area contributed by atoms with Crippen molar-refractivity contribution in [2.75, 3.05) is 50.6 Å². The van der Waals surface area contributed by atoms with Crippen molar-refractivity contribution in [3.05, 3.63) is 34.5 Å². The molecule has 3 aromatic rings. The van der Waals surface area contributed by atoms with E-state index in [0.29, 0.717) is 30.3 Å². The molecule has 0 unspecified atom stereocenters. The summed E-state index contributed by atoms with van der Waals surface area (Å²) in [6.07, 6.45) is 0.797. The Morgan fingerprint density at radius 3 is 2.31 bits per heavy atom. The Kier molecular flexibility index (Phi) is 6.36. The van der Waals surface area contributed by atoms with Crippen LogP contribution in [0.5, 0.6) is 11.5 Å². The molecule has 1 aliphatic heterocycles. The number of amides is 2. The summed E-state index contributed by atoms with van der Waals surface area (Å²) < 4.78 is 10.6. The van der Waals surface area contributed by atoms with Crippen LogP contribution in [0.1, 0.15) is 23.2 Å². The van der Waals surface area contributed by atoms with Crippen molar-refractivity contribution in [1.29, 1.82) is 0 Å². The van der Waals surface area contributed by atoms with Gasteiger partial charge in [-0.25, -0.2) is 14.8 Å². The standard InChI is InChI=1S/C23H29N5O3S/c1-6-19-25-21(20-14(2)15(3)32-22(20)26-19)27-7-9-28(10-8-27)23(29)24-16-11-17(30-4)13-18(12-16)31-5/h11-13H,6-10H2,1-5H3,(H,24,29). The highest BCUT2D eigenvalue weighted by Crippen LogP contribution is 2.35. The number of hydrogen-bond donors (Lipinski definition) is 1. The Hall–Kier alpha value is -3.07. The first-order valence-corrected chi connectivity index (χ1v) is 11.6. The van der Waals surface area contributed by atoms with Crippen LogP contribution in [0.4, 0.5) is 16.3 Å². The minimum atomic E-state index is -0.135. The minimum absolute atomic E-state index is 0.135. The Balaban J connectivity index is 1.48. The summed E-state index contributed by atoms with van der Waals surface area (Å²) in [6.45, 7) is 9.01. The molecule has 1 aliphatic rings. The predicted octanol–water partition coefficient (Wildman–Crippen LogP) is 4.24. The number of urea groups is 1. The molecule has 2 amide bonds. The van der Waals surface area contributed by atoms with Gasteiger partial charge in [0, 0.05) is 61.4 Å². The number of benzene rings is 1. The van der Waals surface area contributed by atoms with E-state index in [1.807, 2.05) is 4.90 Å². The monoisotopic (exact) mass is 455 g/mol. The molecule has 0 spiro atoms. The third-order valence-electron chi connectivity index (χ3n) is 5.84. The third-order valence-corrected chi connectivity index (χ3v) is 6.94. The summed E-state index contributed by atoms with van der Waals surface area (Å²) in [5.41, 5.74) is 1.89. The summed E-state index contributed by atoms with van der Waals surface area (Å²) in [5.74, 6) is 3.11. The van der Waals surface area contributed by atoms with E-state index >= 15 is 0 Å². The summed E-state index contributed by atoms with van der Waals surface area (Å²) in [7, 11) is 3.18. The largest absolute Gasteiger partial charge is 0.497 e. The van der Waals surface area contributed by atoms with E-state index in [-0.39, 0.29) is 6.03 Å². The molecule has 170 valence electrons. The van der Waals surface area contributed by atoms with Crippen LogP contribution in [0.15, 0.2) is 18.2 Å². The quantitative estimate of drug-likeness (QED) is 0.620. The van der Waals surface area contributed by atoms with Gasteiger partial charge in [-0.05, 0) is 19.4 Å². The van der Waals surface area contributed by atoms with Gasteiger partial charge in [0.05, 0.1) is 19.6 Å². The number of fused-ring (bicyclic) bond motifs is 1. The van der Waals surface area contributed by atoms with Gasteiger partial charge in [-0.3, -0.25) is 0 Å². The van der Waals surface area contributed by atoms with Gasteiger partial charge in [0.25, 0.3) is 0 Å². The van der Waals surface area contributed by atoms with E-state index < -0.39 is 0 Å². The second-order valence-electron chi connectivity index (χ2n) is 7.79. The second-order valence-corrected chi connectivity index (χ2v) is 8.99. The minimum Gasteiger partial charge on any atom is -0.497 e. The molecule has 1 aromatic carbocycles. The molecule has 1 saturated heterocycles. The van der Waals surface area contributed by atoms with E-state index in [1.54, 1.807) is 43.8 Å². The lowest BCUT2D eigenvalue weighted by molar-refractivity contribution is 0.208. The Morgan fingerprint density at radius 1 is 1.06 bits per heavy atom. The normalized spacial score (nSPS) is 14.0. The fourth-order valence-corrected chi connectivity index (χ4v) is 4.90.